The van der Waals surface area contributed by atoms with Crippen molar-refractivity contribution >= 4 is 40.7 Å². The number of esters is 1. The van der Waals surface area contributed by atoms with Gasteiger partial charge in [-0.05, 0) is 36.4 Å². The third kappa shape index (κ3) is 4.65. The van der Waals surface area contributed by atoms with Crippen molar-refractivity contribution in [1.29, 1.82) is 0 Å². The summed E-state index contributed by atoms with van der Waals surface area (Å²) in [4.78, 5) is 20.3. The van der Waals surface area contributed by atoms with Gasteiger partial charge in [0.1, 0.15) is 11.6 Å². The second kappa shape index (κ2) is 8.37. The molecule has 138 valence electrons. The summed E-state index contributed by atoms with van der Waals surface area (Å²) in [6.45, 7) is 0. The molecule has 0 saturated carbocycles. The van der Waals surface area contributed by atoms with Crippen molar-refractivity contribution in [2.24, 2.45) is 0 Å². The highest BCUT2D eigenvalue weighted by Crippen LogP contribution is 2.26. The second-order valence-corrected chi connectivity index (χ2v) is 5.84. The zero-order valence-electron chi connectivity index (χ0n) is 14.7. The average molecular weight is 385 g/mol. The van der Waals surface area contributed by atoms with Crippen molar-refractivity contribution in [1.82, 2.24) is 9.97 Å². The van der Waals surface area contributed by atoms with Crippen molar-refractivity contribution in [3.63, 3.8) is 0 Å². The fraction of sp³-hybridized carbons (Fsp3) is 0.105. The minimum atomic E-state index is -0.455. The molecule has 2 aromatic carbocycles. The van der Waals surface area contributed by atoms with Gasteiger partial charge in [0.2, 0.25) is 5.95 Å². The number of nitrogens with one attached hydrogen (secondary N) is 2. The first-order valence-corrected chi connectivity index (χ1v) is 8.36. The zero-order chi connectivity index (χ0) is 19.2. The Morgan fingerprint density at radius 3 is 2.70 bits per heavy atom. The van der Waals surface area contributed by atoms with Gasteiger partial charge < -0.3 is 20.1 Å². The summed E-state index contributed by atoms with van der Waals surface area (Å²) in [5, 5.41) is 6.62. The first kappa shape index (κ1) is 18.5. The number of nitrogens with zero attached hydrogens (tertiary/aromatic N) is 2. The van der Waals surface area contributed by atoms with E-state index in [0.717, 1.165) is 11.4 Å². The Morgan fingerprint density at radius 2 is 1.93 bits per heavy atom. The molecule has 0 atom stereocenters. The quantitative estimate of drug-likeness (QED) is 0.608. The van der Waals surface area contributed by atoms with E-state index in [1.165, 1.54) is 7.11 Å². The Morgan fingerprint density at radius 1 is 1.07 bits per heavy atom. The molecule has 0 aliphatic rings. The number of carbonyl (C=O) groups is 1. The lowest BCUT2D eigenvalue weighted by atomic mass is 10.2. The molecule has 0 saturated heterocycles. The molecular weight excluding hydrogens is 368 g/mol. The average Bonchev–Trinajstić information content (AvgIpc) is 2.69. The number of rotatable bonds is 6. The number of methoxy groups -OCH3 is 2. The number of halogens is 1. The van der Waals surface area contributed by atoms with Crippen molar-refractivity contribution in [2.75, 3.05) is 24.9 Å². The SMILES string of the molecule is COC(=O)c1ccc(Cl)c(Nc2nccc(Nc3cccc(OC)c3)n2)c1. The van der Waals surface area contributed by atoms with Gasteiger partial charge in [0.25, 0.3) is 0 Å². The molecule has 1 heterocycles. The van der Waals surface area contributed by atoms with Crippen LogP contribution in [-0.2, 0) is 4.74 Å². The standard InChI is InChI=1S/C19H17ClN4O3/c1-26-14-5-3-4-13(11-14)22-17-8-9-21-19(24-17)23-16-10-12(18(25)27-2)6-7-15(16)20/h3-11H,1-2H3,(H2,21,22,23,24). The molecule has 3 aromatic rings. The molecule has 0 aliphatic heterocycles. The van der Waals surface area contributed by atoms with E-state index in [2.05, 4.69) is 20.6 Å². The minimum absolute atomic E-state index is 0.326. The number of hydrogen-bond acceptors (Lipinski definition) is 7. The molecule has 0 spiro atoms. The Labute approximate surface area is 161 Å². The van der Waals surface area contributed by atoms with E-state index in [1.54, 1.807) is 37.6 Å². The molecular formula is C19H17ClN4O3. The number of ether oxygens (including phenoxy) is 2. The van der Waals surface area contributed by atoms with Gasteiger partial charge >= 0.3 is 5.97 Å². The van der Waals surface area contributed by atoms with E-state index in [4.69, 9.17) is 21.1 Å². The van der Waals surface area contributed by atoms with Crippen LogP contribution in [0.15, 0.2) is 54.7 Å². The van der Waals surface area contributed by atoms with Crippen LogP contribution >= 0.6 is 11.6 Å². The van der Waals surface area contributed by atoms with E-state index >= 15 is 0 Å². The molecule has 2 N–H and O–H groups in total. The Balaban J connectivity index is 1.81. The molecule has 27 heavy (non-hydrogen) atoms. The van der Waals surface area contributed by atoms with E-state index in [-0.39, 0.29) is 0 Å². The molecule has 0 aliphatic carbocycles. The highest BCUT2D eigenvalue weighted by molar-refractivity contribution is 6.33. The minimum Gasteiger partial charge on any atom is -0.497 e. The molecule has 0 bridgehead atoms. The predicted octanol–water partition coefficient (Wildman–Crippen LogP) is 4.41. The summed E-state index contributed by atoms with van der Waals surface area (Å²) in [5.41, 5.74) is 1.69. The third-order valence-electron chi connectivity index (χ3n) is 3.63. The number of hydrogen-bond donors (Lipinski definition) is 2. The van der Waals surface area contributed by atoms with Gasteiger partial charge in [-0.25, -0.2) is 9.78 Å². The van der Waals surface area contributed by atoms with Crippen LogP contribution in [0.3, 0.4) is 0 Å². The van der Waals surface area contributed by atoms with E-state index in [9.17, 15) is 4.79 Å². The smallest absolute Gasteiger partial charge is 0.337 e. The zero-order valence-corrected chi connectivity index (χ0v) is 15.4. The van der Waals surface area contributed by atoms with Crippen molar-refractivity contribution in [3.05, 3.63) is 65.3 Å². The summed E-state index contributed by atoms with van der Waals surface area (Å²) >= 11 is 6.20. The van der Waals surface area contributed by atoms with Crippen LogP contribution in [0.1, 0.15) is 10.4 Å². The molecule has 8 heteroatoms. The first-order valence-electron chi connectivity index (χ1n) is 7.98. The summed E-state index contributed by atoms with van der Waals surface area (Å²) in [7, 11) is 2.93. The van der Waals surface area contributed by atoms with Gasteiger partial charge in [0.15, 0.2) is 0 Å². The van der Waals surface area contributed by atoms with Crippen LogP contribution in [0.4, 0.5) is 23.1 Å². The Bertz CT molecular complexity index is 965. The van der Waals surface area contributed by atoms with Crippen LogP contribution in [0.2, 0.25) is 5.02 Å². The molecule has 0 amide bonds. The molecule has 3 rings (SSSR count). The second-order valence-electron chi connectivity index (χ2n) is 5.43. The fourth-order valence-corrected chi connectivity index (χ4v) is 2.49. The van der Waals surface area contributed by atoms with E-state index < -0.39 is 5.97 Å². The van der Waals surface area contributed by atoms with Crippen LogP contribution in [-0.4, -0.2) is 30.2 Å². The summed E-state index contributed by atoms with van der Waals surface area (Å²) in [6, 6.07) is 14.0. The molecule has 0 radical (unpaired) electrons. The lowest BCUT2D eigenvalue weighted by molar-refractivity contribution is 0.0601. The maximum Gasteiger partial charge on any atom is 0.337 e. The summed E-state index contributed by atoms with van der Waals surface area (Å²) in [6.07, 6.45) is 1.61. The Kier molecular flexibility index (Phi) is 5.73. The number of aromatic nitrogens is 2. The summed E-state index contributed by atoms with van der Waals surface area (Å²) < 4.78 is 9.94. The number of anilines is 4. The number of benzene rings is 2. The Hall–Kier alpha value is -3.32. The van der Waals surface area contributed by atoms with Crippen molar-refractivity contribution < 1.29 is 14.3 Å². The predicted molar refractivity (Wildman–Crippen MR) is 104 cm³/mol. The monoisotopic (exact) mass is 384 g/mol. The summed E-state index contributed by atoms with van der Waals surface area (Å²) in [5.74, 6) is 1.19. The topological polar surface area (TPSA) is 85.4 Å². The van der Waals surface area contributed by atoms with Gasteiger partial charge in [-0.2, -0.15) is 4.98 Å². The van der Waals surface area contributed by atoms with E-state index in [0.29, 0.717) is 28.0 Å². The van der Waals surface area contributed by atoms with Crippen molar-refractivity contribution in [3.8, 4) is 5.75 Å². The van der Waals surface area contributed by atoms with Gasteiger partial charge in [-0.1, -0.05) is 17.7 Å². The van der Waals surface area contributed by atoms with Crippen LogP contribution < -0.4 is 15.4 Å². The third-order valence-corrected chi connectivity index (χ3v) is 3.96. The fourth-order valence-electron chi connectivity index (χ4n) is 2.32. The first-order chi connectivity index (χ1) is 13.1. The van der Waals surface area contributed by atoms with Crippen LogP contribution in [0.5, 0.6) is 5.75 Å². The van der Waals surface area contributed by atoms with Crippen LogP contribution in [0, 0.1) is 0 Å². The number of carbonyl (C=O) groups excluding carboxylic acids is 1. The molecule has 7 nitrogen and oxygen atoms in total. The van der Waals surface area contributed by atoms with Gasteiger partial charge in [0.05, 0.1) is 30.5 Å². The lowest BCUT2D eigenvalue weighted by Crippen LogP contribution is -2.04. The van der Waals surface area contributed by atoms with Crippen molar-refractivity contribution in [2.45, 2.75) is 0 Å². The highest BCUT2D eigenvalue weighted by atomic mass is 35.5. The van der Waals surface area contributed by atoms with Gasteiger partial charge in [0, 0.05) is 18.0 Å². The van der Waals surface area contributed by atoms with E-state index in [1.807, 2.05) is 24.3 Å². The molecule has 1 aromatic heterocycles. The highest BCUT2D eigenvalue weighted by Gasteiger charge is 2.10. The molecule has 0 fully saturated rings. The maximum absolute atomic E-state index is 11.7. The van der Waals surface area contributed by atoms with Crippen LogP contribution in [0.25, 0.3) is 0 Å². The maximum atomic E-state index is 11.7. The lowest BCUT2D eigenvalue weighted by Gasteiger charge is -2.11. The normalized spacial score (nSPS) is 10.2. The van der Waals surface area contributed by atoms with Gasteiger partial charge in [-0.15, -0.1) is 0 Å². The largest absolute Gasteiger partial charge is 0.497 e. The van der Waals surface area contributed by atoms with Gasteiger partial charge in [-0.3, -0.25) is 0 Å². The molecule has 0 unspecified atom stereocenters.